The average Bonchev–Trinajstić information content (AvgIpc) is 3.99. The van der Waals surface area contributed by atoms with E-state index in [1.54, 1.807) is 0 Å². The molecule has 4 heteroatoms. The highest BCUT2D eigenvalue weighted by Gasteiger charge is 2.22. The Labute approximate surface area is 338 Å². The van der Waals surface area contributed by atoms with Gasteiger partial charge < -0.3 is 13.7 Å². The molecule has 9 aromatic carbocycles. The number of para-hydroxylation sites is 5. The quantitative estimate of drug-likeness (QED) is 0.169. The van der Waals surface area contributed by atoms with Crippen molar-refractivity contribution in [3.63, 3.8) is 0 Å². The van der Waals surface area contributed by atoms with Crippen LogP contribution in [0.15, 0.2) is 209 Å². The molecule has 0 N–H and O–H groups in total. The molecule has 0 unspecified atom stereocenters. The summed E-state index contributed by atoms with van der Waals surface area (Å²) in [5, 5.41) is 7.05. The molecule has 272 valence electrons. The van der Waals surface area contributed by atoms with E-state index < -0.39 is 0 Å². The third kappa shape index (κ3) is 5.12. The van der Waals surface area contributed by atoms with Crippen LogP contribution in [0.4, 0.5) is 17.1 Å². The Morgan fingerprint density at radius 2 is 0.828 bits per heavy atom. The maximum Gasteiger partial charge on any atom is 0.143 e. The second kappa shape index (κ2) is 13.1. The number of thiophene rings is 1. The lowest BCUT2D eigenvalue weighted by Gasteiger charge is -2.27. The Balaban J connectivity index is 0.986. The minimum Gasteiger partial charge on any atom is -0.455 e. The molecule has 0 saturated heterocycles. The van der Waals surface area contributed by atoms with Gasteiger partial charge >= 0.3 is 0 Å². The van der Waals surface area contributed by atoms with Gasteiger partial charge in [-0.25, -0.2) is 0 Å². The summed E-state index contributed by atoms with van der Waals surface area (Å²) in [6, 6.07) is 71.4. The molecule has 0 amide bonds. The Hall–Kier alpha value is -7.40. The fourth-order valence-electron chi connectivity index (χ4n) is 8.80. The number of benzene rings is 9. The number of hydrogen-bond acceptors (Lipinski definition) is 4. The smallest absolute Gasteiger partial charge is 0.143 e. The van der Waals surface area contributed by atoms with Gasteiger partial charge in [-0.3, -0.25) is 0 Å². The molecule has 3 heterocycles. The molecular weight excluding hydrogens is 727 g/mol. The van der Waals surface area contributed by atoms with Crippen molar-refractivity contribution in [1.82, 2.24) is 0 Å². The van der Waals surface area contributed by atoms with Gasteiger partial charge in [-0.1, -0.05) is 152 Å². The van der Waals surface area contributed by atoms with Crippen LogP contribution in [0.25, 0.3) is 97.4 Å². The predicted molar refractivity (Wildman–Crippen MR) is 245 cm³/mol. The van der Waals surface area contributed by atoms with Gasteiger partial charge in [0.1, 0.15) is 22.3 Å². The third-order valence-corrected chi connectivity index (χ3v) is 12.7. The van der Waals surface area contributed by atoms with Crippen molar-refractivity contribution in [2.75, 3.05) is 4.90 Å². The molecule has 3 nitrogen and oxygen atoms in total. The molecule has 0 radical (unpaired) electrons. The SMILES string of the molecule is c1ccc(N(c2ccc(-c3cccc4c3oc3ccccc34)cc2)c2ccc(-c3ccc(-c4cccc5c4oc4ccccc45)cc3)c3sc4ccccc4c23)cc1. The molecule has 3 aromatic heterocycles. The fraction of sp³-hybridized carbons (Fsp3) is 0. The van der Waals surface area contributed by atoms with Crippen LogP contribution in [-0.2, 0) is 0 Å². The van der Waals surface area contributed by atoms with Gasteiger partial charge in [-0.05, 0) is 70.8 Å². The van der Waals surface area contributed by atoms with Crippen molar-refractivity contribution in [3.05, 3.63) is 200 Å². The second-order valence-electron chi connectivity index (χ2n) is 14.8. The summed E-state index contributed by atoms with van der Waals surface area (Å²) < 4.78 is 15.4. The molecule has 0 bridgehead atoms. The van der Waals surface area contributed by atoms with E-state index in [9.17, 15) is 0 Å². The van der Waals surface area contributed by atoms with E-state index in [-0.39, 0.29) is 0 Å². The van der Waals surface area contributed by atoms with Crippen molar-refractivity contribution in [2.24, 2.45) is 0 Å². The average molecular weight is 760 g/mol. The summed E-state index contributed by atoms with van der Waals surface area (Å²) in [5.74, 6) is 0. The molecule has 0 atom stereocenters. The first kappa shape index (κ1) is 32.8. The van der Waals surface area contributed by atoms with Crippen LogP contribution in [0.5, 0.6) is 0 Å². The van der Waals surface area contributed by atoms with Gasteiger partial charge in [-0.2, -0.15) is 0 Å². The minimum absolute atomic E-state index is 0.906. The van der Waals surface area contributed by atoms with E-state index in [1.165, 1.54) is 31.3 Å². The highest BCUT2D eigenvalue weighted by molar-refractivity contribution is 7.26. The van der Waals surface area contributed by atoms with E-state index in [2.05, 4.69) is 181 Å². The van der Waals surface area contributed by atoms with Crippen LogP contribution in [0.2, 0.25) is 0 Å². The Bertz CT molecular complexity index is 3500. The number of nitrogens with zero attached hydrogens (tertiary/aromatic N) is 1. The molecule has 12 aromatic rings. The topological polar surface area (TPSA) is 29.5 Å². The maximum absolute atomic E-state index is 6.43. The van der Waals surface area contributed by atoms with E-state index in [1.807, 2.05) is 35.6 Å². The van der Waals surface area contributed by atoms with Crippen LogP contribution < -0.4 is 4.90 Å². The van der Waals surface area contributed by atoms with Gasteiger partial charge in [-0.15, -0.1) is 11.3 Å². The second-order valence-corrected chi connectivity index (χ2v) is 15.8. The van der Waals surface area contributed by atoms with E-state index in [4.69, 9.17) is 8.83 Å². The molecule has 0 aliphatic carbocycles. The third-order valence-electron chi connectivity index (χ3n) is 11.5. The van der Waals surface area contributed by atoms with Crippen molar-refractivity contribution in [2.45, 2.75) is 0 Å². The van der Waals surface area contributed by atoms with E-state index in [0.29, 0.717) is 0 Å². The van der Waals surface area contributed by atoms with Gasteiger partial charge in [0.25, 0.3) is 0 Å². The number of furan rings is 2. The predicted octanol–water partition coefficient (Wildman–Crippen LogP) is 16.3. The van der Waals surface area contributed by atoms with Crippen molar-refractivity contribution < 1.29 is 8.83 Å². The molecule has 0 aliphatic rings. The van der Waals surface area contributed by atoms with Gasteiger partial charge in [0.2, 0.25) is 0 Å². The van der Waals surface area contributed by atoms with Crippen LogP contribution in [0.3, 0.4) is 0 Å². The number of hydrogen-bond donors (Lipinski definition) is 0. The zero-order chi connectivity index (χ0) is 38.2. The Kier molecular flexibility index (Phi) is 7.40. The maximum atomic E-state index is 6.43. The summed E-state index contributed by atoms with van der Waals surface area (Å²) in [6.45, 7) is 0. The van der Waals surface area contributed by atoms with Crippen molar-refractivity contribution in [1.29, 1.82) is 0 Å². The lowest BCUT2D eigenvalue weighted by Crippen LogP contribution is -2.10. The van der Waals surface area contributed by atoms with Crippen molar-refractivity contribution >= 4 is 92.4 Å². The van der Waals surface area contributed by atoms with Gasteiger partial charge in [0.15, 0.2) is 0 Å². The summed E-state index contributed by atoms with van der Waals surface area (Å²) in [5.41, 5.74) is 13.8. The zero-order valence-corrected chi connectivity index (χ0v) is 32.0. The van der Waals surface area contributed by atoms with Crippen LogP contribution in [0, 0.1) is 0 Å². The molecule has 0 fully saturated rings. The fourth-order valence-corrected chi connectivity index (χ4v) is 10.1. The molecule has 0 spiro atoms. The first-order valence-electron chi connectivity index (χ1n) is 19.6. The lowest BCUT2D eigenvalue weighted by atomic mass is 9.97. The molecule has 0 aliphatic heterocycles. The van der Waals surface area contributed by atoms with E-state index >= 15 is 0 Å². The van der Waals surface area contributed by atoms with E-state index in [0.717, 1.165) is 83.2 Å². The van der Waals surface area contributed by atoms with Crippen LogP contribution >= 0.6 is 11.3 Å². The molecular formula is C54H33NO2S. The summed E-state index contributed by atoms with van der Waals surface area (Å²) in [4.78, 5) is 2.40. The molecule has 58 heavy (non-hydrogen) atoms. The summed E-state index contributed by atoms with van der Waals surface area (Å²) in [7, 11) is 0. The zero-order valence-electron chi connectivity index (χ0n) is 31.2. The van der Waals surface area contributed by atoms with Crippen molar-refractivity contribution in [3.8, 4) is 33.4 Å². The van der Waals surface area contributed by atoms with Crippen LogP contribution in [-0.4, -0.2) is 0 Å². The molecule has 12 rings (SSSR count). The number of anilines is 3. The standard InChI is InChI=1S/C54H33NO2S/c1-2-12-37(13-3-1)55(38-30-28-35(29-31-38)40-18-11-20-45-43-15-5-8-22-49(43)57-53(40)45)47-33-32-41(54-51(47)46-16-6-9-23-50(46)58-54)36-26-24-34(25-27-36)39-17-10-19-44-42-14-4-7-21-48(42)56-52(39)44/h1-33H. The van der Waals surface area contributed by atoms with Crippen LogP contribution in [0.1, 0.15) is 0 Å². The monoisotopic (exact) mass is 759 g/mol. The number of rotatable bonds is 6. The highest BCUT2D eigenvalue weighted by Crippen LogP contribution is 2.49. The Morgan fingerprint density at radius 1 is 0.345 bits per heavy atom. The largest absolute Gasteiger partial charge is 0.455 e. The summed E-state index contributed by atoms with van der Waals surface area (Å²) >= 11 is 1.86. The first-order valence-corrected chi connectivity index (χ1v) is 20.4. The van der Waals surface area contributed by atoms with Gasteiger partial charge in [0, 0.05) is 64.2 Å². The Morgan fingerprint density at radius 3 is 1.45 bits per heavy atom. The molecule has 0 saturated carbocycles. The minimum atomic E-state index is 0.906. The summed E-state index contributed by atoms with van der Waals surface area (Å²) in [6.07, 6.45) is 0. The number of fused-ring (bicyclic) bond motifs is 9. The first-order chi connectivity index (χ1) is 28.8. The highest BCUT2D eigenvalue weighted by atomic mass is 32.1. The normalized spacial score (nSPS) is 11.8. The van der Waals surface area contributed by atoms with Gasteiger partial charge in [0.05, 0.1) is 5.69 Å². The lowest BCUT2D eigenvalue weighted by molar-refractivity contribution is 0.669.